The minimum atomic E-state index is -4.43. The summed E-state index contributed by atoms with van der Waals surface area (Å²) < 4.78 is 12.2. The van der Waals surface area contributed by atoms with Crippen molar-refractivity contribution in [3.63, 3.8) is 0 Å². The molecule has 25 heavy (non-hydrogen) atoms. The van der Waals surface area contributed by atoms with Crippen molar-refractivity contribution in [1.29, 1.82) is 0 Å². The van der Waals surface area contributed by atoms with E-state index in [0.717, 1.165) is 11.1 Å². The molecule has 0 aliphatic carbocycles. The summed E-state index contributed by atoms with van der Waals surface area (Å²) in [5, 5.41) is 1.47. The van der Waals surface area contributed by atoms with E-state index in [0.29, 0.717) is 5.88 Å². The first-order chi connectivity index (χ1) is 11.2. The zero-order valence-electron chi connectivity index (χ0n) is 16.2. The van der Waals surface area contributed by atoms with Gasteiger partial charge in [-0.25, -0.2) is 0 Å². The highest BCUT2D eigenvalue weighted by Crippen LogP contribution is 2.53. The standard InChI is InChI=1S/C18H31ClNO4P/c1-13(15-10-8-14(12-19)9-11-15)24-20(18(5,6)7)16(17(2,3)4)25(21,22)23/h8-11,13,16H,12H2,1-7H3,(H2,21,22,23). The van der Waals surface area contributed by atoms with Gasteiger partial charge in [0, 0.05) is 11.4 Å². The van der Waals surface area contributed by atoms with E-state index < -0.39 is 24.3 Å². The number of hydrogen-bond acceptors (Lipinski definition) is 3. The van der Waals surface area contributed by atoms with Crippen molar-refractivity contribution >= 4 is 19.2 Å². The molecule has 2 atom stereocenters. The molecule has 7 heteroatoms. The molecule has 0 radical (unpaired) electrons. The molecule has 0 aromatic heterocycles. The van der Waals surface area contributed by atoms with E-state index in [4.69, 9.17) is 16.4 Å². The molecule has 0 bridgehead atoms. The summed E-state index contributed by atoms with van der Waals surface area (Å²) in [6.45, 7) is 12.9. The number of benzene rings is 1. The molecule has 5 nitrogen and oxygen atoms in total. The first-order valence-corrected chi connectivity index (χ1v) is 10.6. The second-order valence-corrected chi connectivity index (χ2v) is 10.4. The molecule has 0 spiro atoms. The van der Waals surface area contributed by atoms with Crippen molar-refractivity contribution < 1.29 is 19.2 Å². The molecule has 2 N–H and O–H groups in total. The predicted octanol–water partition coefficient (Wildman–Crippen LogP) is 5.07. The minimum absolute atomic E-state index is 0.361. The third kappa shape index (κ3) is 6.35. The molecule has 0 aliphatic heterocycles. The molecule has 0 fully saturated rings. The van der Waals surface area contributed by atoms with Crippen LogP contribution < -0.4 is 0 Å². The van der Waals surface area contributed by atoms with Gasteiger partial charge in [0.05, 0.1) is 0 Å². The number of hydrogen-bond donors (Lipinski definition) is 2. The lowest BCUT2D eigenvalue weighted by molar-refractivity contribution is -0.264. The van der Waals surface area contributed by atoms with Gasteiger partial charge in [0.1, 0.15) is 11.9 Å². The second kappa shape index (κ2) is 8.08. The lowest BCUT2D eigenvalue weighted by atomic mass is 9.94. The molecule has 0 saturated heterocycles. The van der Waals surface area contributed by atoms with Crippen molar-refractivity contribution in [2.45, 2.75) is 71.8 Å². The van der Waals surface area contributed by atoms with E-state index in [9.17, 15) is 14.4 Å². The summed E-state index contributed by atoms with van der Waals surface area (Å²) >= 11 is 5.82. The Bertz CT molecular complexity index is 601. The summed E-state index contributed by atoms with van der Waals surface area (Å²) in [5.74, 6) is -0.627. The van der Waals surface area contributed by atoms with E-state index in [2.05, 4.69) is 0 Å². The monoisotopic (exact) mass is 391 g/mol. The molecule has 2 unspecified atom stereocenters. The van der Waals surface area contributed by atoms with Crippen LogP contribution in [0, 0.1) is 5.41 Å². The smallest absolute Gasteiger partial charge is 0.323 e. The van der Waals surface area contributed by atoms with Gasteiger partial charge in [0.15, 0.2) is 0 Å². The summed E-state index contributed by atoms with van der Waals surface area (Å²) in [4.78, 5) is 26.0. The molecule has 0 saturated carbocycles. The second-order valence-electron chi connectivity index (χ2n) is 8.45. The largest absolute Gasteiger partial charge is 0.345 e. The van der Waals surface area contributed by atoms with E-state index in [1.54, 1.807) is 20.8 Å². The fourth-order valence-corrected chi connectivity index (χ4v) is 4.55. The van der Waals surface area contributed by atoms with Crippen LogP contribution in [0.2, 0.25) is 0 Å². The average molecular weight is 392 g/mol. The van der Waals surface area contributed by atoms with Crippen LogP contribution >= 0.6 is 19.2 Å². The van der Waals surface area contributed by atoms with Gasteiger partial charge in [-0.2, -0.15) is 5.06 Å². The summed E-state index contributed by atoms with van der Waals surface area (Å²) in [7, 11) is -4.43. The Morgan fingerprint density at radius 2 is 1.60 bits per heavy atom. The van der Waals surface area contributed by atoms with Crippen LogP contribution in [-0.2, 0) is 15.3 Å². The van der Waals surface area contributed by atoms with Gasteiger partial charge in [-0.3, -0.25) is 9.40 Å². The molecular weight excluding hydrogens is 361 g/mol. The Morgan fingerprint density at radius 1 is 1.12 bits per heavy atom. The van der Waals surface area contributed by atoms with Crippen molar-refractivity contribution in [1.82, 2.24) is 5.06 Å². The zero-order chi connectivity index (χ0) is 19.6. The first-order valence-electron chi connectivity index (χ1n) is 8.34. The van der Waals surface area contributed by atoms with Crippen LogP contribution in [0.15, 0.2) is 24.3 Å². The lowest BCUT2D eigenvalue weighted by Gasteiger charge is -2.46. The van der Waals surface area contributed by atoms with E-state index >= 15 is 0 Å². The average Bonchev–Trinajstić information content (AvgIpc) is 2.42. The summed E-state index contributed by atoms with van der Waals surface area (Å²) in [6, 6.07) is 7.70. The minimum Gasteiger partial charge on any atom is -0.323 e. The quantitative estimate of drug-likeness (QED) is 0.402. The van der Waals surface area contributed by atoms with Gasteiger partial charge in [-0.05, 0) is 44.2 Å². The van der Waals surface area contributed by atoms with Gasteiger partial charge in [0.25, 0.3) is 0 Å². The van der Waals surface area contributed by atoms with Crippen LogP contribution in [0.25, 0.3) is 0 Å². The Labute approximate surface area is 156 Å². The van der Waals surface area contributed by atoms with E-state index in [1.807, 2.05) is 52.0 Å². The number of rotatable bonds is 6. The summed E-state index contributed by atoms with van der Waals surface area (Å²) in [6.07, 6.45) is -0.361. The maximum atomic E-state index is 12.2. The molecule has 1 aromatic rings. The molecule has 1 rings (SSSR count). The number of nitrogens with zero attached hydrogens (tertiary/aromatic N) is 1. The number of halogens is 1. The first kappa shape index (κ1) is 22.6. The molecule has 0 amide bonds. The molecule has 144 valence electrons. The fraction of sp³-hybridized carbons (Fsp3) is 0.667. The lowest BCUT2D eigenvalue weighted by Crippen LogP contribution is -2.53. The highest BCUT2D eigenvalue weighted by molar-refractivity contribution is 7.52. The highest BCUT2D eigenvalue weighted by atomic mass is 35.5. The molecule has 1 aromatic carbocycles. The van der Waals surface area contributed by atoms with Gasteiger partial charge < -0.3 is 9.79 Å². The predicted molar refractivity (Wildman–Crippen MR) is 102 cm³/mol. The Balaban J connectivity index is 3.20. The van der Waals surface area contributed by atoms with Gasteiger partial charge in [-0.15, -0.1) is 11.6 Å². The van der Waals surface area contributed by atoms with Crippen LogP contribution in [-0.4, -0.2) is 26.2 Å². The third-order valence-corrected chi connectivity index (χ3v) is 5.78. The Hall–Kier alpha value is -0.420. The normalized spacial score (nSPS) is 16.1. The van der Waals surface area contributed by atoms with Crippen LogP contribution in [0.5, 0.6) is 0 Å². The molecule has 0 heterocycles. The van der Waals surface area contributed by atoms with Crippen molar-refractivity contribution in [3.8, 4) is 0 Å². The fourth-order valence-electron chi connectivity index (χ4n) is 2.68. The van der Waals surface area contributed by atoms with Gasteiger partial charge in [-0.1, -0.05) is 45.0 Å². The number of alkyl halides is 1. The van der Waals surface area contributed by atoms with Crippen LogP contribution in [0.4, 0.5) is 0 Å². The van der Waals surface area contributed by atoms with Crippen molar-refractivity contribution in [3.05, 3.63) is 35.4 Å². The van der Waals surface area contributed by atoms with Crippen molar-refractivity contribution in [2.24, 2.45) is 5.41 Å². The topological polar surface area (TPSA) is 70.0 Å². The number of hydroxylamine groups is 2. The van der Waals surface area contributed by atoms with Crippen molar-refractivity contribution in [2.75, 3.05) is 0 Å². The zero-order valence-corrected chi connectivity index (χ0v) is 17.8. The van der Waals surface area contributed by atoms with E-state index in [-0.39, 0.29) is 6.10 Å². The maximum Gasteiger partial charge on any atom is 0.345 e. The highest BCUT2D eigenvalue weighted by Gasteiger charge is 2.48. The van der Waals surface area contributed by atoms with E-state index in [1.165, 1.54) is 5.06 Å². The molecule has 0 aliphatic rings. The molecular formula is C18H31ClNO4P. The Kier molecular flexibility index (Phi) is 7.31. The van der Waals surface area contributed by atoms with Crippen LogP contribution in [0.1, 0.15) is 65.7 Å². The van der Waals surface area contributed by atoms with Gasteiger partial charge in [0.2, 0.25) is 0 Å². The Morgan fingerprint density at radius 3 is 1.92 bits per heavy atom. The SMILES string of the molecule is CC(ON(C(C(C)(C)C)P(=O)(O)O)C(C)(C)C)c1ccc(CCl)cc1. The maximum absolute atomic E-state index is 12.2. The third-order valence-electron chi connectivity index (χ3n) is 3.85. The van der Waals surface area contributed by atoms with Crippen LogP contribution in [0.3, 0.4) is 0 Å². The summed E-state index contributed by atoms with van der Waals surface area (Å²) in [5.41, 5.74) is 0.660. The van der Waals surface area contributed by atoms with Gasteiger partial charge >= 0.3 is 7.60 Å².